The van der Waals surface area contributed by atoms with Crippen molar-refractivity contribution in [1.82, 2.24) is 0 Å². The van der Waals surface area contributed by atoms with Crippen molar-refractivity contribution in [3.63, 3.8) is 0 Å². The number of hydrogen-bond donors (Lipinski definition) is 0. The lowest BCUT2D eigenvalue weighted by Gasteiger charge is -2.11. The zero-order chi connectivity index (χ0) is 17.3. The standard InChI is InChI=1S/C19H15ClO4/c1-3-24-17-10-15(20)11(9-16(17)23-2)8-14-18(21)12-6-4-5-7-13(12)19(14)22/h4-10H,3H2,1-2H3. The predicted molar refractivity (Wildman–Crippen MR) is 92.3 cm³/mol. The van der Waals surface area contributed by atoms with E-state index < -0.39 is 0 Å². The van der Waals surface area contributed by atoms with Crippen LogP contribution in [0.2, 0.25) is 5.02 Å². The molecule has 1 aliphatic carbocycles. The van der Waals surface area contributed by atoms with E-state index in [4.69, 9.17) is 21.1 Å². The monoisotopic (exact) mass is 342 g/mol. The van der Waals surface area contributed by atoms with Gasteiger partial charge in [0.1, 0.15) is 0 Å². The Kier molecular flexibility index (Phi) is 4.40. The fourth-order valence-corrected chi connectivity index (χ4v) is 2.86. The molecule has 0 N–H and O–H groups in total. The lowest BCUT2D eigenvalue weighted by molar-refractivity contribution is 0.0990. The number of methoxy groups -OCH3 is 1. The van der Waals surface area contributed by atoms with Crippen LogP contribution in [0.4, 0.5) is 0 Å². The van der Waals surface area contributed by atoms with Crippen LogP contribution in [0, 0.1) is 0 Å². The second-order valence-electron chi connectivity index (χ2n) is 5.22. The Morgan fingerprint density at radius 1 is 1.04 bits per heavy atom. The molecule has 0 saturated heterocycles. The van der Waals surface area contributed by atoms with E-state index >= 15 is 0 Å². The van der Waals surface area contributed by atoms with Crippen LogP contribution in [0.25, 0.3) is 6.08 Å². The molecule has 0 spiro atoms. The number of carbonyl (C=O) groups is 2. The smallest absolute Gasteiger partial charge is 0.197 e. The minimum absolute atomic E-state index is 0.101. The fraction of sp³-hybridized carbons (Fsp3) is 0.158. The zero-order valence-electron chi connectivity index (χ0n) is 13.3. The van der Waals surface area contributed by atoms with Crippen molar-refractivity contribution in [2.45, 2.75) is 6.92 Å². The van der Waals surface area contributed by atoms with Gasteiger partial charge in [-0.05, 0) is 24.6 Å². The number of hydrogen-bond acceptors (Lipinski definition) is 4. The average molecular weight is 343 g/mol. The van der Waals surface area contributed by atoms with E-state index in [9.17, 15) is 9.59 Å². The van der Waals surface area contributed by atoms with Gasteiger partial charge in [0.05, 0.1) is 24.3 Å². The number of carbonyl (C=O) groups excluding carboxylic acids is 2. The molecule has 0 atom stereocenters. The number of benzene rings is 2. The third kappa shape index (κ3) is 2.69. The normalized spacial score (nSPS) is 13.0. The van der Waals surface area contributed by atoms with Crippen LogP contribution >= 0.6 is 11.6 Å². The van der Waals surface area contributed by atoms with Gasteiger partial charge in [0.2, 0.25) is 0 Å². The van der Waals surface area contributed by atoms with Crippen molar-refractivity contribution in [2.75, 3.05) is 13.7 Å². The van der Waals surface area contributed by atoms with Gasteiger partial charge in [-0.1, -0.05) is 35.9 Å². The molecule has 0 bridgehead atoms. The van der Waals surface area contributed by atoms with Crippen LogP contribution in [0.5, 0.6) is 11.5 Å². The molecule has 0 aromatic heterocycles. The van der Waals surface area contributed by atoms with Crippen LogP contribution < -0.4 is 9.47 Å². The summed E-state index contributed by atoms with van der Waals surface area (Å²) >= 11 is 6.28. The van der Waals surface area contributed by atoms with Crippen molar-refractivity contribution in [2.24, 2.45) is 0 Å². The molecule has 4 nitrogen and oxygen atoms in total. The SMILES string of the molecule is CCOc1cc(Cl)c(C=C2C(=O)c3ccccc3C2=O)cc1OC. The van der Waals surface area contributed by atoms with Crippen LogP contribution in [-0.4, -0.2) is 25.3 Å². The molecule has 1 aliphatic rings. The maximum absolute atomic E-state index is 12.5. The predicted octanol–water partition coefficient (Wildman–Crippen LogP) is 4.21. The summed E-state index contributed by atoms with van der Waals surface area (Å²) in [5, 5.41) is 0.378. The lowest BCUT2D eigenvalue weighted by Crippen LogP contribution is -2.01. The van der Waals surface area contributed by atoms with E-state index in [1.807, 2.05) is 6.92 Å². The number of rotatable bonds is 4. The van der Waals surface area contributed by atoms with Crippen molar-refractivity contribution in [1.29, 1.82) is 0 Å². The third-order valence-electron chi connectivity index (χ3n) is 3.79. The average Bonchev–Trinajstić information content (AvgIpc) is 2.82. The molecule has 0 fully saturated rings. The van der Waals surface area contributed by atoms with Gasteiger partial charge < -0.3 is 9.47 Å². The van der Waals surface area contributed by atoms with Crippen LogP contribution in [0.15, 0.2) is 42.0 Å². The molecule has 5 heteroatoms. The summed E-state index contributed by atoms with van der Waals surface area (Å²) in [6.45, 7) is 2.33. The summed E-state index contributed by atoms with van der Waals surface area (Å²) < 4.78 is 10.8. The van der Waals surface area contributed by atoms with E-state index in [2.05, 4.69) is 0 Å². The van der Waals surface area contributed by atoms with Gasteiger partial charge in [-0.15, -0.1) is 0 Å². The number of ether oxygens (including phenoxy) is 2. The molecule has 0 heterocycles. The topological polar surface area (TPSA) is 52.6 Å². The Morgan fingerprint density at radius 2 is 1.67 bits per heavy atom. The molecule has 2 aromatic rings. The van der Waals surface area contributed by atoms with Crippen molar-refractivity contribution in [3.8, 4) is 11.5 Å². The highest BCUT2D eigenvalue weighted by molar-refractivity contribution is 6.41. The van der Waals surface area contributed by atoms with Gasteiger partial charge >= 0.3 is 0 Å². The highest BCUT2D eigenvalue weighted by atomic mass is 35.5. The van der Waals surface area contributed by atoms with E-state index in [1.165, 1.54) is 13.2 Å². The van der Waals surface area contributed by atoms with Gasteiger partial charge in [-0.25, -0.2) is 0 Å². The first-order chi connectivity index (χ1) is 11.6. The largest absolute Gasteiger partial charge is 0.493 e. The third-order valence-corrected chi connectivity index (χ3v) is 4.12. The van der Waals surface area contributed by atoms with Crippen molar-refractivity contribution in [3.05, 3.63) is 63.7 Å². The van der Waals surface area contributed by atoms with Gasteiger partial charge in [0.15, 0.2) is 23.1 Å². The second-order valence-corrected chi connectivity index (χ2v) is 5.63. The number of ketones is 2. The molecule has 3 rings (SSSR count). The quantitative estimate of drug-likeness (QED) is 0.617. The number of allylic oxidation sites excluding steroid dienone is 1. The molecule has 24 heavy (non-hydrogen) atoms. The summed E-state index contributed by atoms with van der Waals surface area (Å²) in [4.78, 5) is 24.9. The molecule has 2 aromatic carbocycles. The maximum Gasteiger partial charge on any atom is 0.197 e. The molecular weight excluding hydrogens is 328 g/mol. The van der Waals surface area contributed by atoms with Gasteiger partial charge in [0, 0.05) is 17.2 Å². The lowest BCUT2D eigenvalue weighted by atomic mass is 10.1. The molecule has 122 valence electrons. The molecular formula is C19H15ClO4. The molecule has 0 radical (unpaired) electrons. The second kappa shape index (κ2) is 6.49. The van der Waals surface area contributed by atoms with Gasteiger partial charge in [-0.2, -0.15) is 0 Å². The van der Waals surface area contributed by atoms with Crippen LogP contribution in [-0.2, 0) is 0 Å². The Morgan fingerprint density at radius 3 is 2.21 bits per heavy atom. The van der Waals surface area contributed by atoms with E-state index in [1.54, 1.807) is 36.4 Å². The summed E-state index contributed by atoms with van der Waals surface area (Å²) in [6.07, 6.45) is 1.51. The Bertz CT molecular complexity index is 831. The molecule has 0 amide bonds. The zero-order valence-corrected chi connectivity index (χ0v) is 14.0. The maximum atomic E-state index is 12.5. The first-order valence-corrected chi connectivity index (χ1v) is 7.85. The van der Waals surface area contributed by atoms with E-state index in [0.29, 0.717) is 39.8 Å². The minimum atomic E-state index is -0.292. The van der Waals surface area contributed by atoms with E-state index in [-0.39, 0.29) is 17.1 Å². The number of fused-ring (bicyclic) bond motifs is 1. The van der Waals surface area contributed by atoms with Crippen molar-refractivity contribution < 1.29 is 19.1 Å². The van der Waals surface area contributed by atoms with Crippen LogP contribution in [0.1, 0.15) is 33.2 Å². The Hall–Kier alpha value is -2.59. The van der Waals surface area contributed by atoms with Gasteiger partial charge in [0.25, 0.3) is 0 Å². The minimum Gasteiger partial charge on any atom is -0.493 e. The van der Waals surface area contributed by atoms with Crippen LogP contribution in [0.3, 0.4) is 0 Å². The van der Waals surface area contributed by atoms with Crippen molar-refractivity contribution >= 4 is 29.2 Å². The summed E-state index contributed by atoms with van der Waals surface area (Å²) in [6, 6.07) is 10.0. The molecule has 0 unspecified atom stereocenters. The van der Waals surface area contributed by atoms with E-state index in [0.717, 1.165) is 0 Å². The summed E-state index contributed by atoms with van der Waals surface area (Å²) in [5.41, 5.74) is 1.47. The number of halogens is 1. The molecule has 0 aliphatic heterocycles. The number of Topliss-reactive ketones (excluding diaryl/α,β-unsaturated/α-hetero) is 2. The summed E-state index contributed by atoms with van der Waals surface area (Å²) in [5.74, 6) is 0.419. The Balaban J connectivity index is 2.07. The first-order valence-electron chi connectivity index (χ1n) is 7.47. The highest BCUT2D eigenvalue weighted by Crippen LogP contribution is 2.36. The Labute approximate surface area is 144 Å². The van der Waals surface area contributed by atoms with Gasteiger partial charge in [-0.3, -0.25) is 9.59 Å². The first kappa shape index (κ1) is 16.3. The highest BCUT2D eigenvalue weighted by Gasteiger charge is 2.32. The summed E-state index contributed by atoms with van der Waals surface area (Å²) in [7, 11) is 1.52. The fourth-order valence-electron chi connectivity index (χ4n) is 2.65. The molecule has 0 saturated carbocycles.